The van der Waals surface area contributed by atoms with E-state index in [4.69, 9.17) is 4.74 Å². The Morgan fingerprint density at radius 2 is 1.69 bits per heavy atom. The van der Waals surface area contributed by atoms with Gasteiger partial charge in [0.25, 0.3) is 0 Å². The second-order valence-corrected chi connectivity index (χ2v) is 12.8. The topological polar surface area (TPSA) is 26.3 Å². The van der Waals surface area contributed by atoms with E-state index in [2.05, 4.69) is 59.8 Å². The monoisotopic (exact) mass is 440 g/mol. The predicted octanol–water partition coefficient (Wildman–Crippen LogP) is 7.98. The smallest absolute Gasteiger partial charge is 0.302 e. The van der Waals surface area contributed by atoms with Gasteiger partial charge in [-0.3, -0.25) is 4.79 Å². The molecule has 0 aromatic carbocycles. The molecule has 0 unspecified atom stereocenters. The van der Waals surface area contributed by atoms with E-state index in [1.807, 2.05) is 5.57 Å². The molecule has 180 valence electrons. The molecule has 2 nitrogen and oxygen atoms in total. The van der Waals surface area contributed by atoms with Gasteiger partial charge in [0.1, 0.15) is 6.10 Å². The number of fused-ring (bicyclic) bond motifs is 5. The molecule has 32 heavy (non-hydrogen) atoms. The summed E-state index contributed by atoms with van der Waals surface area (Å²) in [7, 11) is 0. The molecule has 0 aromatic rings. The van der Waals surface area contributed by atoms with Gasteiger partial charge in [0.2, 0.25) is 0 Å². The molecule has 0 amide bonds. The number of hydrogen-bond acceptors (Lipinski definition) is 2. The number of rotatable bonds is 5. The summed E-state index contributed by atoms with van der Waals surface area (Å²) in [5.74, 6) is 4.98. The maximum Gasteiger partial charge on any atom is 0.302 e. The standard InChI is InChI=1S/C30H48O2/c1-19(2)20(3)8-9-21(4)26-12-13-27-25-11-10-23-18-24(32-22(5)31)14-16-29(23,6)28(25)15-17-30(26,27)7/h8-9,11,19-21,23-24,26-28H,10,12-18H2,1-7H3/b9-8+/t20-,21+,23-,24+,26+,27+,28+,29-,30-/m0/s1. The molecule has 4 aliphatic rings. The van der Waals surface area contributed by atoms with Gasteiger partial charge in [-0.1, -0.05) is 65.3 Å². The summed E-state index contributed by atoms with van der Waals surface area (Å²) in [5, 5.41) is 0. The second-order valence-electron chi connectivity index (χ2n) is 12.8. The van der Waals surface area contributed by atoms with Crippen molar-refractivity contribution in [1.29, 1.82) is 0 Å². The van der Waals surface area contributed by atoms with E-state index in [0.717, 1.165) is 36.5 Å². The van der Waals surface area contributed by atoms with Crippen molar-refractivity contribution in [3.63, 3.8) is 0 Å². The van der Waals surface area contributed by atoms with Crippen molar-refractivity contribution in [2.45, 2.75) is 106 Å². The molecule has 2 heteroatoms. The quantitative estimate of drug-likeness (QED) is 0.320. The Morgan fingerprint density at radius 3 is 2.38 bits per heavy atom. The Morgan fingerprint density at radius 1 is 1.00 bits per heavy atom. The van der Waals surface area contributed by atoms with Crippen molar-refractivity contribution in [1.82, 2.24) is 0 Å². The first kappa shape index (κ1) is 24.1. The fourth-order valence-corrected chi connectivity index (χ4v) is 8.43. The first-order chi connectivity index (χ1) is 15.1. The maximum atomic E-state index is 11.5. The van der Waals surface area contributed by atoms with E-state index in [-0.39, 0.29) is 12.1 Å². The Kier molecular flexibility index (Phi) is 6.74. The highest BCUT2D eigenvalue weighted by molar-refractivity contribution is 5.66. The molecule has 0 bridgehead atoms. The molecule has 4 aliphatic carbocycles. The zero-order chi connectivity index (χ0) is 23.3. The van der Waals surface area contributed by atoms with Gasteiger partial charge in [-0.15, -0.1) is 0 Å². The third-order valence-electron chi connectivity index (χ3n) is 10.8. The third kappa shape index (κ3) is 4.14. The van der Waals surface area contributed by atoms with Gasteiger partial charge in [-0.2, -0.15) is 0 Å². The summed E-state index contributed by atoms with van der Waals surface area (Å²) < 4.78 is 5.64. The van der Waals surface area contributed by atoms with E-state index in [9.17, 15) is 4.79 Å². The molecule has 0 aromatic heterocycles. The van der Waals surface area contributed by atoms with Gasteiger partial charge in [-0.05, 0) is 104 Å². The minimum absolute atomic E-state index is 0.109. The SMILES string of the molecule is CC(=O)O[C@@H]1CC[C@@]2(C)[C@@H](CC=C3[C@H]2CC[C@]2(C)[C@@H]3CC[C@@H]2[C@H](C)/C=C/[C@H](C)C(C)C)C1. The van der Waals surface area contributed by atoms with E-state index in [1.165, 1.54) is 38.5 Å². The fraction of sp³-hybridized carbons (Fsp3) is 0.833. The van der Waals surface area contributed by atoms with E-state index < -0.39 is 0 Å². The summed E-state index contributed by atoms with van der Waals surface area (Å²) in [6.07, 6.45) is 17.9. The van der Waals surface area contributed by atoms with E-state index in [0.29, 0.717) is 28.6 Å². The highest BCUT2D eigenvalue weighted by Crippen LogP contribution is 2.66. The number of esters is 1. The lowest BCUT2D eigenvalue weighted by molar-refractivity contribution is -0.152. The zero-order valence-corrected chi connectivity index (χ0v) is 21.8. The van der Waals surface area contributed by atoms with Gasteiger partial charge in [0.05, 0.1) is 0 Å². The molecular formula is C30H48O2. The lowest BCUT2D eigenvalue weighted by Crippen LogP contribution is -2.50. The number of carbonyl (C=O) groups is 1. The Balaban J connectivity index is 1.51. The molecule has 0 saturated heterocycles. The summed E-state index contributed by atoms with van der Waals surface area (Å²) in [5.41, 5.74) is 2.70. The van der Waals surface area contributed by atoms with Crippen LogP contribution in [0.1, 0.15) is 99.8 Å². The van der Waals surface area contributed by atoms with Gasteiger partial charge in [0, 0.05) is 6.92 Å². The summed E-state index contributed by atoms with van der Waals surface area (Å²) in [6.45, 7) is 16.3. The lowest BCUT2D eigenvalue weighted by atomic mass is 9.47. The zero-order valence-electron chi connectivity index (χ0n) is 21.8. The van der Waals surface area contributed by atoms with Crippen molar-refractivity contribution in [3.05, 3.63) is 23.8 Å². The van der Waals surface area contributed by atoms with Crippen LogP contribution < -0.4 is 0 Å². The van der Waals surface area contributed by atoms with Crippen LogP contribution in [0.25, 0.3) is 0 Å². The Bertz CT molecular complexity index is 763. The molecule has 3 fully saturated rings. The van der Waals surface area contributed by atoms with Crippen LogP contribution in [0, 0.1) is 52.3 Å². The molecule has 9 atom stereocenters. The van der Waals surface area contributed by atoms with Crippen LogP contribution in [0.2, 0.25) is 0 Å². The molecule has 0 spiro atoms. The van der Waals surface area contributed by atoms with Gasteiger partial charge in [0.15, 0.2) is 0 Å². The summed E-state index contributed by atoms with van der Waals surface area (Å²) in [6, 6.07) is 0. The molecule has 3 saturated carbocycles. The number of ether oxygens (including phenoxy) is 1. The van der Waals surface area contributed by atoms with Crippen LogP contribution in [0.5, 0.6) is 0 Å². The highest BCUT2D eigenvalue weighted by Gasteiger charge is 2.58. The van der Waals surface area contributed by atoms with Crippen LogP contribution in [-0.4, -0.2) is 12.1 Å². The van der Waals surface area contributed by atoms with Crippen LogP contribution in [0.15, 0.2) is 23.8 Å². The molecule has 0 heterocycles. The number of carbonyl (C=O) groups excluding carboxylic acids is 1. The van der Waals surface area contributed by atoms with E-state index in [1.54, 1.807) is 6.92 Å². The molecule has 0 radical (unpaired) electrons. The minimum Gasteiger partial charge on any atom is -0.463 e. The molecule has 4 rings (SSSR count). The van der Waals surface area contributed by atoms with Crippen LogP contribution in [0.3, 0.4) is 0 Å². The largest absolute Gasteiger partial charge is 0.463 e. The summed E-state index contributed by atoms with van der Waals surface area (Å²) in [4.78, 5) is 11.5. The van der Waals surface area contributed by atoms with Crippen molar-refractivity contribution in [3.8, 4) is 0 Å². The van der Waals surface area contributed by atoms with Gasteiger partial charge < -0.3 is 4.74 Å². The van der Waals surface area contributed by atoms with E-state index >= 15 is 0 Å². The highest BCUT2D eigenvalue weighted by atomic mass is 16.5. The summed E-state index contributed by atoms with van der Waals surface area (Å²) >= 11 is 0. The van der Waals surface area contributed by atoms with Crippen LogP contribution >= 0.6 is 0 Å². The van der Waals surface area contributed by atoms with Crippen molar-refractivity contribution in [2.75, 3.05) is 0 Å². The average molecular weight is 441 g/mol. The van der Waals surface area contributed by atoms with Gasteiger partial charge in [-0.25, -0.2) is 0 Å². The third-order valence-corrected chi connectivity index (χ3v) is 10.8. The maximum absolute atomic E-state index is 11.5. The Labute approximate surface area is 197 Å². The predicted molar refractivity (Wildman–Crippen MR) is 133 cm³/mol. The van der Waals surface area contributed by atoms with Crippen molar-refractivity contribution in [2.24, 2.45) is 52.3 Å². The molecule has 0 N–H and O–H groups in total. The minimum atomic E-state index is -0.109. The van der Waals surface area contributed by atoms with Gasteiger partial charge >= 0.3 is 5.97 Å². The number of allylic oxidation sites excluding steroid dienone is 4. The van der Waals surface area contributed by atoms with Crippen LogP contribution in [-0.2, 0) is 9.53 Å². The first-order valence-corrected chi connectivity index (χ1v) is 13.6. The number of hydrogen-bond donors (Lipinski definition) is 0. The molecular weight excluding hydrogens is 392 g/mol. The Hall–Kier alpha value is -1.05. The lowest BCUT2D eigenvalue weighted by Gasteiger charge is -2.58. The van der Waals surface area contributed by atoms with Crippen molar-refractivity contribution < 1.29 is 9.53 Å². The molecule has 0 aliphatic heterocycles. The fourth-order valence-electron chi connectivity index (χ4n) is 8.43. The second kappa shape index (κ2) is 8.95. The van der Waals surface area contributed by atoms with Crippen LogP contribution in [0.4, 0.5) is 0 Å². The normalized spacial score (nSPS) is 43.2. The van der Waals surface area contributed by atoms with Crippen molar-refractivity contribution >= 4 is 5.97 Å². The first-order valence-electron chi connectivity index (χ1n) is 13.6. The average Bonchev–Trinajstić information content (AvgIpc) is 3.08.